The van der Waals surface area contributed by atoms with Crippen molar-refractivity contribution >= 4 is 33.1 Å². The minimum atomic E-state index is -0.0288. The number of nitrogens with one attached hydrogen (secondary N) is 1. The van der Waals surface area contributed by atoms with E-state index in [1.165, 1.54) is 52.8 Å². The third-order valence-electron chi connectivity index (χ3n) is 6.79. The molecular weight excluding hydrogens is 378 g/mol. The van der Waals surface area contributed by atoms with Gasteiger partial charge in [0.1, 0.15) is 0 Å². The molecule has 0 unspecified atom stereocenters. The highest BCUT2D eigenvalue weighted by Gasteiger charge is 2.31. The zero-order valence-corrected chi connectivity index (χ0v) is 18.4. The molecule has 1 heterocycles. The van der Waals surface area contributed by atoms with Crippen LogP contribution in [-0.4, -0.2) is 5.91 Å². The molecular formula is C29H29NO. The van der Waals surface area contributed by atoms with Crippen LogP contribution < -0.4 is 5.32 Å². The topological polar surface area (TPSA) is 29.1 Å². The van der Waals surface area contributed by atoms with Crippen molar-refractivity contribution in [3.05, 3.63) is 89.5 Å². The highest BCUT2D eigenvalue weighted by molar-refractivity contribution is 6.08. The van der Waals surface area contributed by atoms with Crippen molar-refractivity contribution in [2.75, 3.05) is 5.32 Å². The van der Waals surface area contributed by atoms with Gasteiger partial charge in [0, 0.05) is 17.5 Å². The Balaban J connectivity index is 0.000000140. The minimum Gasteiger partial charge on any atom is -0.326 e. The second kappa shape index (κ2) is 7.85. The summed E-state index contributed by atoms with van der Waals surface area (Å²) in [5, 5.41) is 8.52. The van der Waals surface area contributed by atoms with Gasteiger partial charge in [0.05, 0.1) is 0 Å². The first kappa shape index (κ1) is 19.8. The first-order chi connectivity index (χ1) is 15.0. The molecule has 0 atom stereocenters. The number of amides is 1. The van der Waals surface area contributed by atoms with Crippen LogP contribution in [0.15, 0.2) is 72.8 Å². The van der Waals surface area contributed by atoms with Crippen LogP contribution in [0, 0.1) is 0 Å². The van der Waals surface area contributed by atoms with Crippen LogP contribution in [0.4, 0.5) is 5.69 Å². The Morgan fingerprint density at radius 2 is 1.48 bits per heavy atom. The number of hydrogen-bond acceptors (Lipinski definition) is 1. The van der Waals surface area contributed by atoms with Crippen LogP contribution in [0.2, 0.25) is 0 Å². The molecule has 4 aromatic carbocycles. The van der Waals surface area contributed by atoms with E-state index in [0.717, 1.165) is 5.69 Å². The van der Waals surface area contributed by atoms with E-state index in [0.29, 0.717) is 6.42 Å². The number of anilines is 1. The molecule has 31 heavy (non-hydrogen) atoms. The van der Waals surface area contributed by atoms with E-state index in [1.807, 2.05) is 18.2 Å². The van der Waals surface area contributed by atoms with Gasteiger partial charge in [-0.15, -0.1) is 0 Å². The summed E-state index contributed by atoms with van der Waals surface area (Å²) >= 11 is 0. The Kier molecular flexibility index (Phi) is 5.02. The molecule has 156 valence electrons. The SMILES string of the molecule is CC1(C)CC(=O)Nc2ccccc21.c1ccc2c(c1)ccc1c3c(ccc12)CCCC3. The molecule has 0 saturated heterocycles. The molecule has 0 spiro atoms. The van der Waals surface area contributed by atoms with Crippen molar-refractivity contribution < 1.29 is 4.79 Å². The quantitative estimate of drug-likeness (QED) is 0.307. The van der Waals surface area contributed by atoms with E-state index in [-0.39, 0.29) is 11.3 Å². The fraction of sp³-hybridized carbons (Fsp3) is 0.276. The van der Waals surface area contributed by atoms with Crippen LogP contribution in [0.25, 0.3) is 21.5 Å². The second-order valence-corrected chi connectivity index (χ2v) is 9.45. The van der Waals surface area contributed by atoms with Gasteiger partial charge in [-0.2, -0.15) is 0 Å². The van der Waals surface area contributed by atoms with Gasteiger partial charge in [-0.3, -0.25) is 4.79 Å². The molecule has 2 heteroatoms. The second-order valence-electron chi connectivity index (χ2n) is 9.45. The third kappa shape index (κ3) is 3.72. The van der Waals surface area contributed by atoms with Crippen molar-refractivity contribution in [1.82, 2.24) is 0 Å². The summed E-state index contributed by atoms with van der Waals surface area (Å²) in [6.07, 6.45) is 5.79. The van der Waals surface area contributed by atoms with Gasteiger partial charge in [0.2, 0.25) is 5.91 Å². The smallest absolute Gasteiger partial charge is 0.225 e. The monoisotopic (exact) mass is 407 g/mol. The maximum absolute atomic E-state index is 11.3. The number of fused-ring (bicyclic) bond motifs is 6. The van der Waals surface area contributed by atoms with Crippen LogP contribution in [-0.2, 0) is 23.1 Å². The van der Waals surface area contributed by atoms with E-state index >= 15 is 0 Å². The van der Waals surface area contributed by atoms with Gasteiger partial charge < -0.3 is 5.32 Å². The Labute approximate surface area is 184 Å². The molecule has 0 saturated carbocycles. The molecule has 1 aliphatic carbocycles. The van der Waals surface area contributed by atoms with Gasteiger partial charge >= 0.3 is 0 Å². The number of benzene rings is 4. The summed E-state index contributed by atoms with van der Waals surface area (Å²) in [6.45, 7) is 4.20. The third-order valence-corrected chi connectivity index (χ3v) is 6.79. The lowest BCUT2D eigenvalue weighted by molar-refractivity contribution is -0.117. The van der Waals surface area contributed by atoms with E-state index in [2.05, 4.69) is 73.8 Å². The average molecular weight is 408 g/mol. The Morgan fingerprint density at radius 3 is 2.39 bits per heavy atom. The zero-order valence-electron chi connectivity index (χ0n) is 18.4. The summed E-state index contributed by atoms with van der Waals surface area (Å²) in [7, 11) is 0. The first-order valence-corrected chi connectivity index (χ1v) is 11.3. The number of para-hydroxylation sites is 1. The van der Waals surface area contributed by atoms with Crippen LogP contribution >= 0.6 is 0 Å². The largest absolute Gasteiger partial charge is 0.326 e. The molecule has 1 aliphatic heterocycles. The highest BCUT2D eigenvalue weighted by Crippen LogP contribution is 2.36. The summed E-state index contributed by atoms with van der Waals surface area (Å²) in [4.78, 5) is 11.3. The van der Waals surface area contributed by atoms with Crippen LogP contribution in [0.1, 0.15) is 49.8 Å². The zero-order chi connectivity index (χ0) is 21.4. The number of aryl methyl sites for hydroxylation is 2. The van der Waals surface area contributed by atoms with Crippen LogP contribution in [0.3, 0.4) is 0 Å². The Hall–Kier alpha value is -3.13. The average Bonchev–Trinajstić information content (AvgIpc) is 2.78. The lowest BCUT2D eigenvalue weighted by Crippen LogP contribution is -2.32. The van der Waals surface area contributed by atoms with Crippen LogP contribution in [0.5, 0.6) is 0 Å². The van der Waals surface area contributed by atoms with Gasteiger partial charge in [-0.25, -0.2) is 0 Å². The molecule has 0 bridgehead atoms. The van der Waals surface area contributed by atoms with E-state index in [1.54, 1.807) is 11.1 Å². The van der Waals surface area contributed by atoms with E-state index in [9.17, 15) is 4.79 Å². The minimum absolute atomic E-state index is 0.0288. The van der Waals surface area contributed by atoms with Gasteiger partial charge in [0.25, 0.3) is 0 Å². The van der Waals surface area contributed by atoms with Crippen molar-refractivity contribution in [3.8, 4) is 0 Å². The standard InChI is InChI=1S/C18H16.C11H13NO/c1-3-7-15-13(5-1)9-11-18-16-8-4-2-6-14(16)10-12-17(15)18;1-11(2)7-10(13)12-9-6-4-3-5-8(9)11/h1,3,5,7,9-12H,2,4,6,8H2;3-6H,7H2,1-2H3,(H,12,13). The van der Waals surface area contributed by atoms with Gasteiger partial charge in [0.15, 0.2) is 0 Å². The molecule has 2 aliphatic rings. The number of rotatable bonds is 0. The lowest BCUT2D eigenvalue weighted by atomic mass is 9.78. The van der Waals surface area contributed by atoms with Gasteiger partial charge in [-0.05, 0) is 70.0 Å². The number of carbonyl (C=O) groups excluding carboxylic acids is 1. The molecule has 0 aromatic heterocycles. The molecule has 6 rings (SSSR count). The van der Waals surface area contributed by atoms with E-state index in [4.69, 9.17) is 0 Å². The fourth-order valence-electron chi connectivity index (χ4n) is 5.22. The first-order valence-electron chi connectivity index (χ1n) is 11.3. The van der Waals surface area contributed by atoms with E-state index < -0.39 is 0 Å². The predicted octanol–water partition coefficient (Wildman–Crippen LogP) is 7.18. The molecule has 4 aromatic rings. The highest BCUT2D eigenvalue weighted by atomic mass is 16.1. The number of carbonyl (C=O) groups is 1. The van der Waals surface area contributed by atoms with Gasteiger partial charge in [-0.1, -0.05) is 80.6 Å². The fourth-order valence-corrected chi connectivity index (χ4v) is 5.22. The summed E-state index contributed by atoms with van der Waals surface area (Å²) in [6, 6.07) is 26.0. The molecule has 0 fully saturated rings. The predicted molar refractivity (Wildman–Crippen MR) is 131 cm³/mol. The Morgan fingerprint density at radius 1 is 0.742 bits per heavy atom. The maximum Gasteiger partial charge on any atom is 0.225 e. The number of hydrogen-bond donors (Lipinski definition) is 1. The summed E-state index contributed by atoms with van der Waals surface area (Å²) < 4.78 is 0. The normalized spacial score (nSPS) is 16.6. The molecule has 2 nitrogen and oxygen atoms in total. The lowest BCUT2D eigenvalue weighted by Gasteiger charge is -2.31. The van der Waals surface area contributed by atoms with Crippen molar-refractivity contribution in [3.63, 3.8) is 0 Å². The molecule has 1 amide bonds. The summed E-state index contributed by atoms with van der Waals surface area (Å²) in [5.74, 6) is 0.115. The van der Waals surface area contributed by atoms with Crippen molar-refractivity contribution in [1.29, 1.82) is 0 Å². The molecule has 1 N–H and O–H groups in total. The molecule has 0 radical (unpaired) electrons. The maximum atomic E-state index is 11.3. The van der Waals surface area contributed by atoms with Crippen molar-refractivity contribution in [2.24, 2.45) is 0 Å². The van der Waals surface area contributed by atoms with Crippen molar-refractivity contribution in [2.45, 2.75) is 51.4 Å². The Bertz CT molecular complexity index is 1280. The summed E-state index contributed by atoms with van der Waals surface area (Å²) in [5.41, 5.74) is 5.34.